The average Bonchev–Trinajstić information content (AvgIpc) is 3.07. The molecule has 0 saturated carbocycles. The highest BCUT2D eigenvalue weighted by atomic mass is 32.2. The van der Waals surface area contributed by atoms with E-state index in [-0.39, 0.29) is 16.7 Å². The van der Waals surface area contributed by atoms with Crippen LogP contribution in [0.4, 0.5) is 0 Å². The lowest BCUT2D eigenvalue weighted by atomic mass is 10.4. The lowest BCUT2D eigenvalue weighted by Gasteiger charge is -2.15. The highest BCUT2D eigenvalue weighted by Crippen LogP contribution is 2.19. The number of sulfonamides is 1. The van der Waals surface area contributed by atoms with Gasteiger partial charge in [-0.1, -0.05) is 24.3 Å². The fourth-order valence-corrected chi connectivity index (χ4v) is 4.90. The number of hydrogen-bond acceptors (Lipinski definition) is 5. The van der Waals surface area contributed by atoms with Gasteiger partial charge in [0.2, 0.25) is 5.91 Å². The predicted octanol–water partition coefficient (Wildman–Crippen LogP) is 2.28. The number of benzene rings is 1. The third-order valence-electron chi connectivity index (χ3n) is 2.96. The zero-order valence-electron chi connectivity index (χ0n) is 12.6. The molecule has 0 aliphatic carbocycles. The molecular formula is C15H18N2O3S3. The Kier molecular flexibility index (Phi) is 6.64. The van der Waals surface area contributed by atoms with Crippen molar-refractivity contribution >= 4 is 39.0 Å². The van der Waals surface area contributed by atoms with E-state index >= 15 is 0 Å². The number of hydrogen-bond donors (Lipinski definition) is 1. The van der Waals surface area contributed by atoms with Crippen LogP contribution in [0.15, 0.2) is 56.9 Å². The van der Waals surface area contributed by atoms with Gasteiger partial charge in [-0.05, 0) is 23.6 Å². The molecule has 8 heteroatoms. The number of thioether (sulfide) groups is 1. The highest BCUT2D eigenvalue weighted by molar-refractivity contribution is 7.99. The van der Waals surface area contributed by atoms with Crippen LogP contribution < -0.4 is 5.32 Å². The molecule has 0 bridgehead atoms. The van der Waals surface area contributed by atoms with Gasteiger partial charge in [-0.2, -0.15) is 4.31 Å². The van der Waals surface area contributed by atoms with Crippen LogP contribution in [0.3, 0.4) is 0 Å². The summed E-state index contributed by atoms with van der Waals surface area (Å²) in [5.74, 6) is 0.429. The molecule has 1 heterocycles. The van der Waals surface area contributed by atoms with Gasteiger partial charge in [-0.15, -0.1) is 23.1 Å². The molecule has 2 aromatic rings. The van der Waals surface area contributed by atoms with Gasteiger partial charge >= 0.3 is 0 Å². The molecule has 0 atom stereocenters. The minimum Gasteiger partial charge on any atom is -0.354 e. The molecule has 1 amide bonds. The van der Waals surface area contributed by atoms with E-state index in [0.717, 1.165) is 26.3 Å². The zero-order chi connectivity index (χ0) is 16.7. The maximum atomic E-state index is 12.2. The number of nitrogens with zero attached hydrogens (tertiary/aromatic N) is 1. The summed E-state index contributed by atoms with van der Waals surface area (Å²) < 4.78 is 25.7. The highest BCUT2D eigenvalue weighted by Gasteiger charge is 2.23. The van der Waals surface area contributed by atoms with Gasteiger partial charge in [0.25, 0.3) is 10.0 Å². The predicted molar refractivity (Wildman–Crippen MR) is 94.3 cm³/mol. The quantitative estimate of drug-likeness (QED) is 0.572. The largest absolute Gasteiger partial charge is 0.354 e. The number of carbonyl (C=O) groups is 1. The normalized spacial score (nSPS) is 11.6. The van der Waals surface area contributed by atoms with Crippen LogP contribution in [-0.4, -0.2) is 44.5 Å². The summed E-state index contributed by atoms with van der Waals surface area (Å²) in [4.78, 5) is 13.0. The van der Waals surface area contributed by atoms with Gasteiger partial charge in [-0.3, -0.25) is 4.79 Å². The Morgan fingerprint density at radius 1 is 1.22 bits per heavy atom. The first-order valence-corrected chi connectivity index (χ1v) is 10.2. The molecule has 2 rings (SSSR count). The number of likely N-dealkylation sites (N-methyl/N-ethyl adjacent to an activating group) is 1. The van der Waals surface area contributed by atoms with Crippen molar-refractivity contribution < 1.29 is 13.2 Å². The van der Waals surface area contributed by atoms with Gasteiger partial charge in [-0.25, -0.2) is 8.42 Å². The first kappa shape index (κ1) is 18.0. The number of carbonyl (C=O) groups excluding carboxylic acids is 1. The van der Waals surface area contributed by atoms with Gasteiger partial charge in [0.15, 0.2) is 0 Å². The van der Waals surface area contributed by atoms with Crippen molar-refractivity contribution in [3.8, 4) is 0 Å². The van der Waals surface area contributed by atoms with Crippen LogP contribution in [0.1, 0.15) is 0 Å². The van der Waals surface area contributed by atoms with Gasteiger partial charge in [0, 0.05) is 24.2 Å². The second kappa shape index (κ2) is 8.49. The van der Waals surface area contributed by atoms with E-state index in [0.29, 0.717) is 6.54 Å². The Morgan fingerprint density at radius 2 is 1.96 bits per heavy atom. The fourth-order valence-electron chi connectivity index (χ4n) is 1.78. The minimum atomic E-state index is -3.58. The van der Waals surface area contributed by atoms with Crippen molar-refractivity contribution in [1.29, 1.82) is 0 Å². The fraction of sp³-hybridized carbons (Fsp3) is 0.267. The first-order chi connectivity index (χ1) is 11.0. The van der Waals surface area contributed by atoms with Crippen molar-refractivity contribution in [1.82, 2.24) is 9.62 Å². The zero-order valence-corrected chi connectivity index (χ0v) is 15.1. The van der Waals surface area contributed by atoms with Crippen LogP contribution in [0.25, 0.3) is 0 Å². The summed E-state index contributed by atoms with van der Waals surface area (Å²) in [7, 11) is -2.17. The standard InChI is InChI=1S/C15H18N2O3S3/c1-17(23(19,20)15-8-5-10-22-15)12-14(18)16-9-11-21-13-6-3-2-4-7-13/h2-8,10H,9,11-12H2,1H3,(H,16,18). The second-order valence-corrected chi connectivity index (χ2v) is 9.09. The Balaban J connectivity index is 1.74. The second-order valence-electron chi connectivity index (χ2n) is 4.70. The smallest absolute Gasteiger partial charge is 0.252 e. The van der Waals surface area contributed by atoms with Crippen molar-refractivity contribution in [3.05, 3.63) is 47.8 Å². The van der Waals surface area contributed by atoms with E-state index in [2.05, 4.69) is 5.32 Å². The molecule has 1 aromatic heterocycles. The van der Waals surface area contributed by atoms with Crippen molar-refractivity contribution in [2.75, 3.05) is 25.9 Å². The molecule has 5 nitrogen and oxygen atoms in total. The SMILES string of the molecule is CN(CC(=O)NCCSc1ccccc1)S(=O)(=O)c1cccs1. The third kappa shape index (κ3) is 5.35. The molecule has 0 fully saturated rings. The Bertz CT molecular complexity index is 716. The Hall–Kier alpha value is -1.35. The van der Waals surface area contributed by atoms with Crippen LogP contribution in [0.2, 0.25) is 0 Å². The molecule has 0 spiro atoms. The van der Waals surface area contributed by atoms with Crippen LogP contribution in [0.5, 0.6) is 0 Å². The van der Waals surface area contributed by atoms with E-state index in [4.69, 9.17) is 0 Å². The van der Waals surface area contributed by atoms with Gasteiger partial charge in [0.05, 0.1) is 6.54 Å². The molecule has 0 unspecified atom stereocenters. The van der Waals surface area contributed by atoms with Crippen molar-refractivity contribution in [2.45, 2.75) is 9.10 Å². The molecule has 124 valence electrons. The molecule has 23 heavy (non-hydrogen) atoms. The number of thiophene rings is 1. The molecular weight excluding hydrogens is 352 g/mol. The topological polar surface area (TPSA) is 66.5 Å². The Labute approximate surface area is 144 Å². The maximum Gasteiger partial charge on any atom is 0.252 e. The van der Waals surface area contributed by atoms with Crippen molar-refractivity contribution in [3.63, 3.8) is 0 Å². The van der Waals surface area contributed by atoms with E-state index < -0.39 is 10.0 Å². The average molecular weight is 371 g/mol. The van der Waals surface area contributed by atoms with Crippen LogP contribution >= 0.6 is 23.1 Å². The molecule has 0 saturated heterocycles. The minimum absolute atomic E-state index is 0.184. The van der Waals surface area contributed by atoms with Gasteiger partial charge in [0.1, 0.15) is 4.21 Å². The molecule has 0 aliphatic rings. The number of rotatable bonds is 8. The summed E-state index contributed by atoms with van der Waals surface area (Å²) in [5, 5.41) is 4.43. The summed E-state index contributed by atoms with van der Waals surface area (Å²) in [6.45, 7) is 0.307. The van der Waals surface area contributed by atoms with E-state index in [1.165, 1.54) is 13.1 Å². The van der Waals surface area contributed by atoms with Crippen LogP contribution in [-0.2, 0) is 14.8 Å². The Morgan fingerprint density at radius 3 is 2.61 bits per heavy atom. The summed E-state index contributed by atoms with van der Waals surface area (Å²) >= 11 is 2.78. The number of amides is 1. The molecule has 1 N–H and O–H groups in total. The molecule has 0 radical (unpaired) electrons. The van der Waals surface area contributed by atoms with Crippen LogP contribution in [0, 0.1) is 0 Å². The van der Waals surface area contributed by atoms with Gasteiger partial charge < -0.3 is 5.32 Å². The lowest BCUT2D eigenvalue weighted by molar-refractivity contribution is -0.121. The first-order valence-electron chi connectivity index (χ1n) is 6.94. The lowest BCUT2D eigenvalue weighted by Crippen LogP contribution is -2.38. The number of nitrogens with one attached hydrogen (secondary N) is 1. The van der Waals surface area contributed by atoms with Crippen molar-refractivity contribution in [2.24, 2.45) is 0 Å². The van der Waals surface area contributed by atoms with E-state index in [9.17, 15) is 13.2 Å². The van der Waals surface area contributed by atoms with E-state index in [1.54, 1.807) is 23.2 Å². The maximum absolute atomic E-state index is 12.2. The molecule has 1 aromatic carbocycles. The van der Waals surface area contributed by atoms with E-state index in [1.807, 2.05) is 30.3 Å². The summed E-state index contributed by atoms with van der Waals surface area (Å²) in [6.07, 6.45) is 0. The molecule has 0 aliphatic heterocycles. The summed E-state index contributed by atoms with van der Waals surface area (Å²) in [5.41, 5.74) is 0. The third-order valence-corrected chi connectivity index (χ3v) is 7.15. The summed E-state index contributed by atoms with van der Waals surface area (Å²) in [6, 6.07) is 13.1. The monoisotopic (exact) mass is 370 g/mol.